The highest BCUT2D eigenvalue weighted by molar-refractivity contribution is 7.89. The van der Waals surface area contributed by atoms with Crippen molar-refractivity contribution in [2.24, 2.45) is 0 Å². The first-order chi connectivity index (χ1) is 8.08. The molecule has 2 rings (SSSR count). The standard InChI is InChI=1S/C11H12N2O2S2/c12-9-3-5-11(6-4-9)17(14,15)13-8-10-2-1-7-16-10/h1-7,13H,8,12H2. The van der Waals surface area contributed by atoms with Gasteiger partial charge in [-0.1, -0.05) is 6.07 Å². The molecule has 3 N–H and O–H groups in total. The molecule has 0 saturated heterocycles. The molecule has 0 saturated carbocycles. The zero-order chi connectivity index (χ0) is 12.3. The van der Waals surface area contributed by atoms with Crippen LogP contribution in [0.3, 0.4) is 0 Å². The molecule has 0 spiro atoms. The van der Waals surface area contributed by atoms with Crippen LogP contribution in [-0.2, 0) is 16.6 Å². The maximum Gasteiger partial charge on any atom is 0.240 e. The maximum atomic E-state index is 11.9. The number of nitrogens with two attached hydrogens (primary N) is 1. The molecule has 1 aromatic carbocycles. The molecule has 0 amide bonds. The summed E-state index contributed by atoms with van der Waals surface area (Å²) in [6.07, 6.45) is 0. The number of nitrogen functional groups attached to an aromatic ring is 1. The lowest BCUT2D eigenvalue weighted by Gasteiger charge is -2.05. The third-order valence-electron chi connectivity index (χ3n) is 2.21. The van der Waals surface area contributed by atoms with Gasteiger partial charge in [0.05, 0.1) is 4.90 Å². The molecule has 0 radical (unpaired) electrons. The molecule has 2 aromatic rings. The van der Waals surface area contributed by atoms with E-state index in [-0.39, 0.29) is 4.90 Å². The average molecular weight is 268 g/mol. The second-order valence-electron chi connectivity index (χ2n) is 3.47. The monoisotopic (exact) mass is 268 g/mol. The number of sulfonamides is 1. The number of anilines is 1. The normalized spacial score (nSPS) is 11.5. The van der Waals surface area contributed by atoms with E-state index in [1.807, 2.05) is 17.5 Å². The molecule has 17 heavy (non-hydrogen) atoms. The van der Waals surface area contributed by atoms with Gasteiger partial charge in [0.1, 0.15) is 0 Å². The highest BCUT2D eigenvalue weighted by Crippen LogP contribution is 2.13. The first-order valence-electron chi connectivity index (χ1n) is 4.95. The second-order valence-corrected chi connectivity index (χ2v) is 6.27. The fraction of sp³-hybridized carbons (Fsp3) is 0.0909. The molecular weight excluding hydrogens is 256 g/mol. The first kappa shape index (κ1) is 12.1. The van der Waals surface area contributed by atoms with E-state index in [2.05, 4.69) is 4.72 Å². The van der Waals surface area contributed by atoms with E-state index in [0.29, 0.717) is 12.2 Å². The van der Waals surface area contributed by atoms with E-state index in [9.17, 15) is 8.42 Å². The minimum absolute atomic E-state index is 0.225. The van der Waals surface area contributed by atoms with Gasteiger partial charge in [-0.05, 0) is 35.7 Å². The molecule has 0 atom stereocenters. The van der Waals surface area contributed by atoms with Gasteiger partial charge in [0.25, 0.3) is 0 Å². The zero-order valence-electron chi connectivity index (χ0n) is 8.96. The van der Waals surface area contributed by atoms with Crippen LogP contribution in [0, 0.1) is 0 Å². The van der Waals surface area contributed by atoms with Crippen molar-refractivity contribution >= 4 is 27.0 Å². The van der Waals surface area contributed by atoms with Crippen molar-refractivity contribution in [2.45, 2.75) is 11.4 Å². The topological polar surface area (TPSA) is 72.2 Å². The van der Waals surface area contributed by atoms with Crippen LogP contribution in [0.15, 0.2) is 46.7 Å². The fourth-order valence-corrected chi connectivity index (χ4v) is 3.05. The Kier molecular flexibility index (Phi) is 3.46. The summed E-state index contributed by atoms with van der Waals surface area (Å²) >= 11 is 1.51. The van der Waals surface area contributed by atoms with Crippen molar-refractivity contribution < 1.29 is 8.42 Å². The van der Waals surface area contributed by atoms with Gasteiger partial charge >= 0.3 is 0 Å². The smallest absolute Gasteiger partial charge is 0.240 e. The molecule has 6 heteroatoms. The van der Waals surface area contributed by atoms with Gasteiger partial charge in [0, 0.05) is 17.1 Å². The van der Waals surface area contributed by atoms with Crippen LogP contribution < -0.4 is 10.5 Å². The Balaban J connectivity index is 2.11. The van der Waals surface area contributed by atoms with Crippen LogP contribution in [0.25, 0.3) is 0 Å². The van der Waals surface area contributed by atoms with Gasteiger partial charge in [-0.25, -0.2) is 13.1 Å². The molecule has 0 aliphatic carbocycles. The molecule has 0 aliphatic heterocycles. The Morgan fingerprint density at radius 1 is 1.18 bits per heavy atom. The Morgan fingerprint density at radius 3 is 2.47 bits per heavy atom. The molecule has 4 nitrogen and oxygen atoms in total. The van der Waals surface area contributed by atoms with E-state index in [4.69, 9.17) is 5.73 Å². The Labute approximate surface area is 104 Å². The number of benzene rings is 1. The zero-order valence-corrected chi connectivity index (χ0v) is 10.6. The highest BCUT2D eigenvalue weighted by Gasteiger charge is 2.13. The molecule has 0 bridgehead atoms. The Morgan fingerprint density at radius 2 is 1.88 bits per heavy atom. The minimum atomic E-state index is -3.45. The third-order valence-corrected chi connectivity index (χ3v) is 4.50. The number of thiophene rings is 1. The van der Waals surface area contributed by atoms with Gasteiger partial charge in [-0.2, -0.15) is 0 Å². The van der Waals surface area contributed by atoms with Crippen LogP contribution in [-0.4, -0.2) is 8.42 Å². The Bertz CT molecular complexity index is 574. The molecule has 1 aromatic heterocycles. The summed E-state index contributed by atoms with van der Waals surface area (Å²) < 4.78 is 26.3. The lowest BCUT2D eigenvalue weighted by Crippen LogP contribution is -2.22. The van der Waals surface area contributed by atoms with Gasteiger partial charge < -0.3 is 5.73 Å². The maximum absolute atomic E-state index is 11.9. The van der Waals surface area contributed by atoms with Crippen molar-refractivity contribution in [3.63, 3.8) is 0 Å². The van der Waals surface area contributed by atoms with Crippen LogP contribution >= 0.6 is 11.3 Å². The van der Waals surface area contributed by atoms with Crippen LogP contribution in [0.1, 0.15) is 4.88 Å². The summed E-state index contributed by atoms with van der Waals surface area (Å²) in [6.45, 7) is 0.310. The summed E-state index contributed by atoms with van der Waals surface area (Å²) in [5, 5.41) is 1.91. The van der Waals surface area contributed by atoms with Crippen molar-refractivity contribution in [1.82, 2.24) is 4.72 Å². The highest BCUT2D eigenvalue weighted by atomic mass is 32.2. The van der Waals surface area contributed by atoms with E-state index >= 15 is 0 Å². The van der Waals surface area contributed by atoms with E-state index in [1.165, 1.54) is 23.5 Å². The quantitative estimate of drug-likeness (QED) is 0.831. The summed E-state index contributed by atoms with van der Waals surface area (Å²) in [5.41, 5.74) is 6.05. The third kappa shape index (κ3) is 3.06. The number of nitrogens with one attached hydrogen (secondary N) is 1. The number of rotatable bonds is 4. The molecule has 0 aliphatic rings. The lowest BCUT2D eigenvalue weighted by atomic mass is 10.3. The Hall–Kier alpha value is -1.37. The van der Waals surface area contributed by atoms with E-state index in [1.54, 1.807) is 12.1 Å². The molecular formula is C11H12N2O2S2. The van der Waals surface area contributed by atoms with Gasteiger partial charge in [-0.3, -0.25) is 0 Å². The molecule has 0 unspecified atom stereocenters. The SMILES string of the molecule is Nc1ccc(S(=O)(=O)NCc2cccs2)cc1. The van der Waals surface area contributed by atoms with Crippen LogP contribution in [0.2, 0.25) is 0 Å². The van der Waals surface area contributed by atoms with Gasteiger partial charge in [0.15, 0.2) is 0 Å². The van der Waals surface area contributed by atoms with Crippen LogP contribution in [0.5, 0.6) is 0 Å². The minimum Gasteiger partial charge on any atom is -0.399 e. The van der Waals surface area contributed by atoms with Crippen molar-refractivity contribution in [2.75, 3.05) is 5.73 Å². The van der Waals surface area contributed by atoms with E-state index < -0.39 is 10.0 Å². The van der Waals surface area contributed by atoms with Gasteiger partial charge in [-0.15, -0.1) is 11.3 Å². The first-order valence-corrected chi connectivity index (χ1v) is 7.32. The lowest BCUT2D eigenvalue weighted by molar-refractivity contribution is 0.582. The summed E-state index contributed by atoms with van der Waals surface area (Å²) in [4.78, 5) is 1.20. The summed E-state index contributed by atoms with van der Waals surface area (Å²) in [7, 11) is -3.45. The molecule has 1 heterocycles. The van der Waals surface area contributed by atoms with Crippen molar-refractivity contribution in [3.8, 4) is 0 Å². The molecule has 0 fully saturated rings. The van der Waals surface area contributed by atoms with Crippen LogP contribution in [0.4, 0.5) is 5.69 Å². The predicted octanol–water partition coefficient (Wildman–Crippen LogP) is 1.81. The average Bonchev–Trinajstić information content (AvgIpc) is 2.80. The van der Waals surface area contributed by atoms with Crippen molar-refractivity contribution in [1.29, 1.82) is 0 Å². The fourth-order valence-electron chi connectivity index (χ4n) is 1.31. The second kappa shape index (κ2) is 4.87. The molecule has 90 valence electrons. The predicted molar refractivity (Wildman–Crippen MR) is 69.2 cm³/mol. The van der Waals surface area contributed by atoms with E-state index in [0.717, 1.165) is 4.88 Å². The number of hydrogen-bond donors (Lipinski definition) is 2. The number of hydrogen-bond acceptors (Lipinski definition) is 4. The largest absolute Gasteiger partial charge is 0.399 e. The van der Waals surface area contributed by atoms with Crippen molar-refractivity contribution in [3.05, 3.63) is 46.7 Å². The summed E-state index contributed by atoms with van der Waals surface area (Å²) in [5.74, 6) is 0. The van der Waals surface area contributed by atoms with Gasteiger partial charge in [0.2, 0.25) is 10.0 Å². The summed E-state index contributed by atoms with van der Waals surface area (Å²) in [6, 6.07) is 9.89.